The molecule has 0 bridgehead atoms. The van der Waals surface area contributed by atoms with Gasteiger partial charge in [-0.2, -0.15) is 5.10 Å². The fraction of sp³-hybridized carbons (Fsp3) is 0.292. The molecular weight excluding hydrogens is 394 g/mol. The third-order valence-electron chi connectivity index (χ3n) is 5.01. The van der Waals surface area contributed by atoms with Crippen LogP contribution in [0.3, 0.4) is 0 Å². The Hall–Kier alpha value is -3.61. The molecule has 0 radical (unpaired) electrons. The zero-order chi connectivity index (χ0) is 21.5. The van der Waals surface area contributed by atoms with Gasteiger partial charge in [0.25, 0.3) is 5.56 Å². The van der Waals surface area contributed by atoms with E-state index in [1.165, 1.54) is 16.3 Å². The molecule has 1 amide bonds. The van der Waals surface area contributed by atoms with E-state index in [0.29, 0.717) is 37.0 Å². The van der Waals surface area contributed by atoms with Crippen LogP contribution < -0.4 is 20.3 Å². The summed E-state index contributed by atoms with van der Waals surface area (Å²) in [5.74, 6) is 1.12. The molecule has 1 aliphatic rings. The summed E-state index contributed by atoms with van der Waals surface area (Å²) in [6.45, 7) is 1.64. The van der Waals surface area contributed by atoms with Crippen LogP contribution in [0.5, 0.6) is 11.5 Å². The Kier molecular flexibility index (Phi) is 6.62. The average molecular weight is 419 g/mol. The SMILES string of the molecule is O=C(Cn1nc(-c2ccc3c(c2)OCCCO3)ccc1=O)NCCCc1ccccc1. The maximum atomic E-state index is 12.3. The zero-order valence-corrected chi connectivity index (χ0v) is 17.3. The predicted molar refractivity (Wildman–Crippen MR) is 117 cm³/mol. The smallest absolute Gasteiger partial charge is 0.267 e. The Morgan fingerprint density at radius 2 is 1.81 bits per heavy atom. The highest BCUT2D eigenvalue weighted by Gasteiger charge is 2.13. The molecule has 0 spiro atoms. The molecule has 0 saturated carbocycles. The normalized spacial score (nSPS) is 12.8. The van der Waals surface area contributed by atoms with Crippen LogP contribution in [0.4, 0.5) is 0 Å². The molecule has 1 N–H and O–H groups in total. The van der Waals surface area contributed by atoms with E-state index in [9.17, 15) is 9.59 Å². The van der Waals surface area contributed by atoms with Gasteiger partial charge in [-0.3, -0.25) is 9.59 Å². The van der Waals surface area contributed by atoms with E-state index in [2.05, 4.69) is 22.5 Å². The van der Waals surface area contributed by atoms with Gasteiger partial charge in [0.2, 0.25) is 5.91 Å². The van der Waals surface area contributed by atoms with Crippen LogP contribution in [0.2, 0.25) is 0 Å². The van der Waals surface area contributed by atoms with Crippen LogP contribution in [-0.2, 0) is 17.8 Å². The molecule has 4 rings (SSSR count). The monoisotopic (exact) mass is 419 g/mol. The summed E-state index contributed by atoms with van der Waals surface area (Å²) in [5.41, 5.74) is 2.29. The minimum atomic E-state index is -0.322. The number of rotatable bonds is 7. The standard InChI is InChI=1S/C24H25N3O4/c28-23(25-13-4-8-18-6-2-1-3-7-18)17-27-24(29)12-10-20(26-27)19-9-11-21-22(16-19)31-15-5-14-30-21/h1-3,6-7,9-12,16H,4-5,8,13-15,17H2,(H,25,28). The number of aryl methyl sites for hydroxylation is 1. The molecule has 0 aliphatic carbocycles. The first-order valence-electron chi connectivity index (χ1n) is 10.5. The molecule has 2 aromatic carbocycles. The van der Waals surface area contributed by atoms with Crippen molar-refractivity contribution >= 4 is 5.91 Å². The highest BCUT2D eigenvalue weighted by Crippen LogP contribution is 2.33. The summed E-state index contributed by atoms with van der Waals surface area (Å²) in [6.07, 6.45) is 2.54. The second-order valence-corrected chi connectivity index (χ2v) is 7.37. The number of fused-ring (bicyclic) bond motifs is 1. The molecule has 7 heteroatoms. The Morgan fingerprint density at radius 1 is 1.00 bits per heavy atom. The van der Waals surface area contributed by atoms with Crippen molar-refractivity contribution in [2.75, 3.05) is 19.8 Å². The van der Waals surface area contributed by atoms with Crippen LogP contribution in [0, 0.1) is 0 Å². The number of carbonyl (C=O) groups excluding carboxylic acids is 1. The number of hydrogen-bond acceptors (Lipinski definition) is 5. The van der Waals surface area contributed by atoms with Gasteiger partial charge in [-0.1, -0.05) is 30.3 Å². The average Bonchev–Trinajstić information content (AvgIpc) is 3.04. The number of hydrogen-bond donors (Lipinski definition) is 1. The summed E-state index contributed by atoms with van der Waals surface area (Å²) in [4.78, 5) is 24.5. The second kappa shape index (κ2) is 9.93. The third kappa shape index (κ3) is 5.51. The van der Waals surface area contributed by atoms with E-state index in [1.807, 2.05) is 36.4 Å². The number of ether oxygens (including phenoxy) is 2. The molecule has 0 unspecified atom stereocenters. The van der Waals surface area contributed by atoms with E-state index in [4.69, 9.17) is 9.47 Å². The summed E-state index contributed by atoms with van der Waals surface area (Å²) in [5, 5.41) is 7.24. The molecule has 3 aromatic rings. The number of carbonyl (C=O) groups is 1. The minimum Gasteiger partial charge on any atom is -0.490 e. The van der Waals surface area contributed by atoms with Gasteiger partial charge in [0.1, 0.15) is 6.54 Å². The third-order valence-corrected chi connectivity index (χ3v) is 5.01. The van der Waals surface area contributed by atoms with Crippen molar-refractivity contribution in [1.82, 2.24) is 15.1 Å². The summed E-state index contributed by atoms with van der Waals surface area (Å²) in [7, 11) is 0. The first kappa shape index (κ1) is 20.7. The Labute approximate surface area is 180 Å². The highest BCUT2D eigenvalue weighted by atomic mass is 16.5. The van der Waals surface area contributed by atoms with Gasteiger partial charge in [-0.25, -0.2) is 4.68 Å². The van der Waals surface area contributed by atoms with Crippen molar-refractivity contribution < 1.29 is 14.3 Å². The lowest BCUT2D eigenvalue weighted by Crippen LogP contribution is -2.34. The lowest BCUT2D eigenvalue weighted by molar-refractivity contribution is -0.121. The largest absolute Gasteiger partial charge is 0.490 e. The molecular formula is C24H25N3O4. The topological polar surface area (TPSA) is 82.5 Å². The molecule has 7 nitrogen and oxygen atoms in total. The number of nitrogens with one attached hydrogen (secondary N) is 1. The molecule has 1 aliphatic heterocycles. The second-order valence-electron chi connectivity index (χ2n) is 7.37. The van der Waals surface area contributed by atoms with Crippen LogP contribution in [0.15, 0.2) is 65.5 Å². The van der Waals surface area contributed by atoms with Crippen molar-refractivity contribution in [1.29, 1.82) is 0 Å². The van der Waals surface area contributed by atoms with Crippen LogP contribution >= 0.6 is 0 Å². The van der Waals surface area contributed by atoms with E-state index >= 15 is 0 Å². The molecule has 0 saturated heterocycles. The van der Waals surface area contributed by atoms with Crippen LogP contribution in [-0.4, -0.2) is 35.4 Å². The maximum absolute atomic E-state index is 12.3. The predicted octanol–water partition coefficient (Wildman–Crippen LogP) is 2.82. The lowest BCUT2D eigenvalue weighted by atomic mass is 10.1. The lowest BCUT2D eigenvalue weighted by Gasteiger charge is -2.11. The molecule has 2 heterocycles. The molecule has 1 aromatic heterocycles. The molecule has 160 valence electrons. The van der Waals surface area contributed by atoms with Crippen molar-refractivity contribution in [3.05, 3.63) is 76.6 Å². The maximum Gasteiger partial charge on any atom is 0.267 e. The van der Waals surface area contributed by atoms with Gasteiger partial charge in [-0.15, -0.1) is 0 Å². The number of nitrogens with zero attached hydrogens (tertiary/aromatic N) is 2. The fourth-order valence-electron chi connectivity index (χ4n) is 3.40. The zero-order valence-electron chi connectivity index (χ0n) is 17.3. The van der Waals surface area contributed by atoms with Gasteiger partial charge >= 0.3 is 0 Å². The summed E-state index contributed by atoms with van der Waals surface area (Å²) < 4.78 is 12.6. The Bertz CT molecular complexity index is 1100. The van der Waals surface area contributed by atoms with E-state index in [0.717, 1.165) is 24.8 Å². The van der Waals surface area contributed by atoms with Crippen molar-refractivity contribution in [2.45, 2.75) is 25.8 Å². The van der Waals surface area contributed by atoms with Crippen LogP contribution in [0.1, 0.15) is 18.4 Å². The number of amides is 1. The van der Waals surface area contributed by atoms with Crippen LogP contribution in [0.25, 0.3) is 11.3 Å². The van der Waals surface area contributed by atoms with Gasteiger partial charge in [-0.05, 0) is 42.7 Å². The van der Waals surface area contributed by atoms with Gasteiger partial charge in [0.05, 0.1) is 18.9 Å². The van der Waals surface area contributed by atoms with E-state index in [-0.39, 0.29) is 18.0 Å². The first-order valence-corrected chi connectivity index (χ1v) is 10.5. The molecule has 0 atom stereocenters. The van der Waals surface area contributed by atoms with Crippen molar-refractivity contribution in [3.63, 3.8) is 0 Å². The minimum absolute atomic E-state index is 0.122. The van der Waals surface area contributed by atoms with Crippen molar-refractivity contribution in [2.24, 2.45) is 0 Å². The summed E-state index contributed by atoms with van der Waals surface area (Å²) >= 11 is 0. The van der Waals surface area contributed by atoms with Gasteiger partial charge < -0.3 is 14.8 Å². The number of benzene rings is 2. The van der Waals surface area contributed by atoms with Gasteiger partial charge in [0.15, 0.2) is 11.5 Å². The van der Waals surface area contributed by atoms with E-state index < -0.39 is 0 Å². The highest BCUT2D eigenvalue weighted by molar-refractivity contribution is 5.75. The van der Waals surface area contributed by atoms with Gasteiger partial charge in [0, 0.05) is 24.6 Å². The number of aromatic nitrogens is 2. The Balaban J connectivity index is 1.38. The molecule has 31 heavy (non-hydrogen) atoms. The first-order chi connectivity index (χ1) is 15.2. The Morgan fingerprint density at radius 3 is 2.65 bits per heavy atom. The van der Waals surface area contributed by atoms with E-state index in [1.54, 1.807) is 6.07 Å². The van der Waals surface area contributed by atoms with Crippen molar-refractivity contribution in [3.8, 4) is 22.8 Å². The fourth-order valence-corrected chi connectivity index (χ4v) is 3.40. The molecule has 0 fully saturated rings. The quantitative estimate of drug-likeness (QED) is 0.596. The summed E-state index contributed by atoms with van der Waals surface area (Å²) in [6, 6.07) is 18.8.